The van der Waals surface area contributed by atoms with E-state index in [0.29, 0.717) is 29.5 Å². The third kappa shape index (κ3) is 3.83. The summed E-state index contributed by atoms with van der Waals surface area (Å²) in [5, 5.41) is 0.621. The van der Waals surface area contributed by atoms with Crippen LogP contribution in [0.5, 0.6) is 0 Å². The van der Waals surface area contributed by atoms with Gasteiger partial charge in [0, 0.05) is 48.5 Å². The molecule has 6 nitrogen and oxygen atoms in total. The summed E-state index contributed by atoms with van der Waals surface area (Å²) in [4.78, 5) is 35.6. The van der Waals surface area contributed by atoms with Gasteiger partial charge in [-0.2, -0.15) is 0 Å². The average molecular weight is 347 g/mol. The fraction of sp³-hybridized carbons (Fsp3) is 0.353. The van der Waals surface area contributed by atoms with E-state index in [1.807, 2.05) is 7.05 Å². The third-order valence-electron chi connectivity index (χ3n) is 4.19. The van der Waals surface area contributed by atoms with Gasteiger partial charge in [-0.15, -0.1) is 0 Å². The van der Waals surface area contributed by atoms with E-state index in [1.54, 1.807) is 29.2 Å². The van der Waals surface area contributed by atoms with Crippen molar-refractivity contribution in [2.24, 2.45) is 0 Å². The highest BCUT2D eigenvalue weighted by Crippen LogP contribution is 2.17. The number of aromatic amines is 1. The van der Waals surface area contributed by atoms with Crippen molar-refractivity contribution in [1.29, 1.82) is 0 Å². The van der Waals surface area contributed by atoms with Gasteiger partial charge in [0.05, 0.1) is 6.42 Å². The molecular formula is C17H19ClN4O2. The Kier molecular flexibility index (Phi) is 4.97. The van der Waals surface area contributed by atoms with E-state index in [9.17, 15) is 9.59 Å². The van der Waals surface area contributed by atoms with Crippen molar-refractivity contribution in [2.45, 2.75) is 6.42 Å². The largest absolute Gasteiger partial charge is 0.340 e. The van der Waals surface area contributed by atoms with Crippen molar-refractivity contribution in [3.8, 4) is 11.4 Å². The molecule has 1 amide bonds. The maximum atomic E-state index is 12.3. The van der Waals surface area contributed by atoms with Crippen molar-refractivity contribution < 1.29 is 4.79 Å². The zero-order valence-electron chi connectivity index (χ0n) is 13.5. The van der Waals surface area contributed by atoms with E-state index in [1.165, 1.54) is 6.20 Å². The molecule has 1 aliphatic heterocycles. The van der Waals surface area contributed by atoms with Crippen LogP contribution in [0.1, 0.15) is 5.56 Å². The summed E-state index contributed by atoms with van der Waals surface area (Å²) in [6, 6.07) is 7.05. The maximum absolute atomic E-state index is 12.3. The number of hydrogen-bond acceptors (Lipinski definition) is 4. The minimum atomic E-state index is -0.280. The summed E-state index contributed by atoms with van der Waals surface area (Å²) in [6.45, 7) is 3.11. The topological polar surface area (TPSA) is 69.3 Å². The Labute approximate surface area is 145 Å². The van der Waals surface area contributed by atoms with Crippen molar-refractivity contribution in [1.82, 2.24) is 19.8 Å². The number of piperazine rings is 1. The van der Waals surface area contributed by atoms with Crippen LogP contribution in [0.2, 0.25) is 5.02 Å². The summed E-state index contributed by atoms with van der Waals surface area (Å²) in [5.74, 6) is 0.433. The molecule has 2 heterocycles. The molecule has 1 aliphatic rings. The van der Waals surface area contributed by atoms with Crippen LogP contribution in [0.25, 0.3) is 11.4 Å². The number of halogens is 1. The number of carbonyl (C=O) groups is 1. The lowest BCUT2D eigenvalue weighted by molar-refractivity contribution is -0.132. The second-order valence-corrected chi connectivity index (χ2v) is 6.39. The molecule has 0 radical (unpaired) electrons. The predicted octanol–water partition coefficient (Wildman–Crippen LogP) is 1.41. The smallest absolute Gasteiger partial charge is 0.254 e. The second kappa shape index (κ2) is 7.15. The molecule has 7 heteroatoms. The van der Waals surface area contributed by atoms with Crippen molar-refractivity contribution >= 4 is 17.5 Å². The number of nitrogens with one attached hydrogen (secondary N) is 1. The van der Waals surface area contributed by atoms with Gasteiger partial charge in [-0.25, -0.2) is 4.98 Å². The molecule has 0 aliphatic carbocycles. The fourth-order valence-electron chi connectivity index (χ4n) is 2.63. The van der Waals surface area contributed by atoms with E-state index in [-0.39, 0.29) is 17.9 Å². The molecule has 0 unspecified atom stereocenters. The lowest BCUT2D eigenvalue weighted by Crippen LogP contribution is -2.47. The summed E-state index contributed by atoms with van der Waals surface area (Å²) in [6.07, 6.45) is 1.56. The van der Waals surface area contributed by atoms with Gasteiger partial charge in [0.25, 0.3) is 5.56 Å². The standard InChI is InChI=1S/C17H19ClN4O2/c1-21-6-8-22(9-7-21)15(23)10-13-11-19-16(20-17(13)24)12-2-4-14(18)5-3-12/h2-5,11H,6-10H2,1H3,(H,19,20,24). The minimum Gasteiger partial charge on any atom is -0.340 e. The molecule has 1 aromatic carbocycles. The highest BCUT2D eigenvalue weighted by atomic mass is 35.5. The molecule has 0 saturated carbocycles. The second-order valence-electron chi connectivity index (χ2n) is 5.95. The van der Waals surface area contributed by atoms with Gasteiger partial charge in [-0.1, -0.05) is 11.6 Å². The molecule has 126 valence electrons. The van der Waals surface area contributed by atoms with Crippen LogP contribution in [0, 0.1) is 0 Å². The monoisotopic (exact) mass is 346 g/mol. The van der Waals surface area contributed by atoms with Gasteiger partial charge < -0.3 is 14.8 Å². The van der Waals surface area contributed by atoms with Gasteiger partial charge in [-0.3, -0.25) is 9.59 Å². The van der Waals surface area contributed by atoms with Gasteiger partial charge in [0.2, 0.25) is 5.91 Å². The lowest BCUT2D eigenvalue weighted by atomic mass is 10.2. The van der Waals surface area contributed by atoms with Crippen LogP contribution in [0.4, 0.5) is 0 Å². The van der Waals surface area contributed by atoms with Crippen LogP contribution in [-0.2, 0) is 11.2 Å². The molecular weight excluding hydrogens is 328 g/mol. The lowest BCUT2D eigenvalue weighted by Gasteiger charge is -2.32. The molecule has 3 rings (SSSR count). The molecule has 1 N–H and O–H groups in total. The summed E-state index contributed by atoms with van der Waals surface area (Å²) in [5.41, 5.74) is 0.877. The highest BCUT2D eigenvalue weighted by Gasteiger charge is 2.20. The minimum absolute atomic E-state index is 0.0327. The maximum Gasteiger partial charge on any atom is 0.254 e. The van der Waals surface area contributed by atoms with Gasteiger partial charge in [0.1, 0.15) is 5.82 Å². The molecule has 1 saturated heterocycles. The Morgan fingerprint density at radius 1 is 1.21 bits per heavy atom. The number of H-pyrrole nitrogens is 1. The first kappa shape index (κ1) is 16.7. The highest BCUT2D eigenvalue weighted by molar-refractivity contribution is 6.30. The molecule has 0 atom stereocenters. The molecule has 0 bridgehead atoms. The quantitative estimate of drug-likeness (QED) is 0.912. The number of nitrogens with zero attached hydrogens (tertiary/aromatic N) is 3. The number of hydrogen-bond donors (Lipinski definition) is 1. The van der Waals surface area contributed by atoms with Crippen LogP contribution in [0.3, 0.4) is 0 Å². The fourth-order valence-corrected chi connectivity index (χ4v) is 2.76. The molecule has 24 heavy (non-hydrogen) atoms. The Balaban J connectivity index is 1.72. The Morgan fingerprint density at radius 3 is 2.50 bits per heavy atom. The number of carbonyl (C=O) groups excluding carboxylic acids is 1. The number of benzene rings is 1. The molecule has 1 fully saturated rings. The third-order valence-corrected chi connectivity index (χ3v) is 4.44. The van der Waals surface area contributed by atoms with Crippen LogP contribution >= 0.6 is 11.6 Å². The first-order chi connectivity index (χ1) is 11.5. The van der Waals surface area contributed by atoms with Crippen molar-refractivity contribution in [3.63, 3.8) is 0 Å². The molecule has 1 aromatic heterocycles. The zero-order valence-corrected chi connectivity index (χ0v) is 14.2. The van der Waals surface area contributed by atoms with E-state index < -0.39 is 0 Å². The first-order valence-corrected chi connectivity index (χ1v) is 8.21. The van der Waals surface area contributed by atoms with E-state index in [2.05, 4.69) is 14.9 Å². The summed E-state index contributed by atoms with van der Waals surface area (Å²) >= 11 is 5.86. The zero-order chi connectivity index (χ0) is 17.1. The predicted molar refractivity (Wildman–Crippen MR) is 93.1 cm³/mol. The summed E-state index contributed by atoms with van der Waals surface area (Å²) in [7, 11) is 2.03. The number of rotatable bonds is 3. The Bertz CT molecular complexity index is 780. The molecule has 0 spiro atoms. The summed E-state index contributed by atoms with van der Waals surface area (Å²) < 4.78 is 0. The molecule has 2 aromatic rings. The van der Waals surface area contributed by atoms with Crippen LogP contribution in [0.15, 0.2) is 35.3 Å². The van der Waals surface area contributed by atoms with Crippen LogP contribution in [-0.4, -0.2) is 58.9 Å². The van der Waals surface area contributed by atoms with E-state index >= 15 is 0 Å². The Hall–Kier alpha value is -2.18. The van der Waals surface area contributed by atoms with Gasteiger partial charge in [0.15, 0.2) is 0 Å². The normalized spacial score (nSPS) is 15.5. The van der Waals surface area contributed by atoms with Crippen molar-refractivity contribution in [2.75, 3.05) is 33.2 Å². The van der Waals surface area contributed by atoms with E-state index in [0.717, 1.165) is 18.7 Å². The number of amides is 1. The average Bonchev–Trinajstić information content (AvgIpc) is 2.58. The Morgan fingerprint density at radius 2 is 1.88 bits per heavy atom. The van der Waals surface area contributed by atoms with Gasteiger partial charge in [-0.05, 0) is 31.3 Å². The van der Waals surface area contributed by atoms with Crippen LogP contribution < -0.4 is 5.56 Å². The van der Waals surface area contributed by atoms with E-state index in [4.69, 9.17) is 11.6 Å². The van der Waals surface area contributed by atoms with Gasteiger partial charge >= 0.3 is 0 Å². The SMILES string of the molecule is CN1CCN(C(=O)Cc2cnc(-c3ccc(Cl)cc3)[nH]c2=O)CC1. The van der Waals surface area contributed by atoms with Crippen molar-refractivity contribution in [3.05, 3.63) is 51.4 Å². The number of likely N-dealkylation sites (N-methyl/N-ethyl adjacent to an activating group) is 1. The number of aromatic nitrogens is 2. The first-order valence-electron chi connectivity index (χ1n) is 7.83.